The highest BCUT2D eigenvalue weighted by molar-refractivity contribution is 5.93. The van der Waals surface area contributed by atoms with Crippen LogP contribution in [0.4, 0.5) is 4.79 Å². The van der Waals surface area contributed by atoms with Gasteiger partial charge in [-0.1, -0.05) is 86.6 Å². The predicted octanol–water partition coefficient (Wildman–Crippen LogP) is 4.17. The molecule has 54 heavy (non-hydrogen) atoms. The van der Waals surface area contributed by atoms with E-state index in [0.717, 1.165) is 16.7 Å². The zero-order chi connectivity index (χ0) is 39.3. The Bertz CT molecular complexity index is 1640. The lowest BCUT2D eigenvalue weighted by atomic mass is 9.88. The van der Waals surface area contributed by atoms with Crippen LogP contribution in [0.1, 0.15) is 57.7 Å². The van der Waals surface area contributed by atoms with E-state index in [0.29, 0.717) is 26.3 Å². The fourth-order valence-electron chi connectivity index (χ4n) is 6.39. The first kappa shape index (κ1) is 41.8. The van der Waals surface area contributed by atoms with Crippen LogP contribution in [0.3, 0.4) is 0 Å². The van der Waals surface area contributed by atoms with E-state index in [4.69, 9.17) is 9.47 Å². The summed E-state index contributed by atoms with van der Waals surface area (Å²) >= 11 is 0. The number of ether oxygens (including phenoxy) is 2. The van der Waals surface area contributed by atoms with Crippen LogP contribution in [0.2, 0.25) is 0 Å². The lowest BCUT2D eigenvalue weighted by molar-refractivity contribution is -0.141. The number of phenolic OH excluding ortho intramolecular Hbond substituents is 1. The summed E-state index contributed by atoms with van der Waals surface area (Å²) in [5.74, 6) is -2.35. The minimum absolute atomic E-state index is 0.0671. The number of benzene rings is 3. The maximum Gasteiger partial charge on any atom is 0.407 e. The summed E-state index contributed by atoms with van der Waals surface area (Å²) in [7, 11) is 0. The van der Waals surface area contributed by atoms with E-state index in [9.17, 15) is 29.4 Å². The maximum atomic E-state index is 14.3. The molecule has 1 fully saturated rings. The van der Waals surface area contributed by atoms with Crippen molar-refractivity contribution >= 4 is 23.8 Å². The van der Waals surface area contributed by atoms with Crippen LogP contribution < -0.4 is 16.0 Å². The van der Waals surface area contributed by atoms with Gasteiger partial charge in [0.05, 0.1) is 25.4 Å². The third-order valence-electron chi connectivity index (χ3n) is 9.25. The van der Waals surface area contributed by atoms with Gasteiger partial charge in [0.1, 0.15) is 23.4 Å². The third-order valence-corrected chi connectivity index (χ3v) is 9.25. The van der Waals surface area contributed by atoms with E-state index < -0.39 is 53.7 Å². The zero-order valence-electron chi connectivity index (χ0n) is 32.0. The number of aromatic hydroxyl groups is 1. The average Bonchev–Trinajstić information content (AvgIpc) is 3.13. The smallest absolute Gasteiger partial charge is 0.407 e. The molecular weight excluding hydrogens is 688 g/mol. The fourth-order valence-corrected chi connectivity index (χ4v) is 6.39. The van der Waals surface area contributed by atoms with Crippen LogP contribution in [-0.4, -0.2) is 95.1 Å². The molecule has 0 radical (unpaired) electrons. The number of hydrogen-bond donors (Lipinski definition) is 5. The van der Waals surface area contributed by atoms with Crippen LogP contribution in [0.25, 0.3) is 0 Å². The van der Waals surface area contributed by atoms with Crippen molar-refractivity contribution in [2.24, 2.45) is 11.8 Å². The Morgan fingerprint density at radius 1 is 0.759 bits per heavy atom. The van der Waals surface area contributed by atoms with E-state index in [2.05, 4.69) is 16.0 Å². The molecule has 12 nitrogen and oxygen atoms in total. The van der Waals surface area contributed by atoms with Crippen LogP contribution in [0, 0.1) is 11.8 Å². The van der Waals surface area contributed by atoms with Gasteiger partial charge in [-0.3, -0.25) is 14.4 Å². The van der Waals surface area contributed by atoms with Gasteiger partial charge in [-0.2, -0.15) is 0 Å². The van der Waals surface area contributed by atoms with Gasteiger partial charge in [-0.05, 0) is 74.8 Å². The molecule has 1 aliphatic rings. The van der Waals surface area contributed by atoms with Crippen LogP contribution in [0.5, 0.6) is 5.75 Å². The molecule has 292 valence electrons. The summed E-state index contributed by atoms with van der Waals surface area (Å²) in [5.41, 5.74) is 1.70. The van der Waals surface area contributed by atoms with Crippen LogP contribution in [0.15, 0.2) is 84.9 Å². The predicted molar refractivity (Wildman–Crippen MR) is 205 cm³/mol. The van der Waals surface area contributed by atoms with Gasteiger partial charge in [0.15, 0.2) is 0 Å². The lowest BCUT2D eigenvalue weighted by Crippen LogP contribution is -2.58. The number of hydrogen-bond acceptors (Lipinski definition) is 8. The van der Waals surface area contributed by atoms with E-state index in [1.807, 2.05) is 74.5 Å². The minimum atomic E-state index is -1.20. The van der Waals surface area contributed by atoms with Gasteiger partial charge in [-0.15, -0.1) is 0 Å². The molecule has 1 aliphatic heterocycles. The topological polar surface area (TPSA) is 167 Å². The Morgan fingerprint density at radius 3 is 1.87 bits per heavy atom. The minimum Gasteiger partial charge on any atom is -0.508 e. The van der Waals surface area contributed by atoms with E-state index in [1.54, 1.807) is 37.8 Å². The Hall–Kier alpha value is -4.94. The highest BCUT2D eigenvalue weighted by Gasteiger charge is 2.35. The second-order valence-electron chi connectivity index (χ2n) is 15.2. The second-order valence-corrected chi connectivity index (χ2v) is 15.2. The van der Waals surface area contributed by atoms with Gasteiger partial charge >= 0.3 is 6.09 Å². The van der Waals surface area contributed by atoms with Crippen LogP contribution >= 0.6 is 0 Å². The molecule has 3 aromatic rings. The molecule has 0 spiro atoms. The van der Waals surface area contributed by atoms with Gasteiger partial charge in [0.25, 0.3) is 0 Å². The number of phenols is 1. The number of carbonyl (C=O) groups is 4. The van der Waals surface area contributed by atoms with Crippen molar-refractivity contribution in [3.8, 4) is 5.75 Å². The molecular formula is C42H56N4O8. The molecule has 0 aliphatic carbocycles. The Labute approximate surface area is 318 Å². The molecule has 5 N–H and O–H groups in total. The number of alkyl carbamates (subject to hydrolysis) is 1. The number of aliphatic hydroxyl groups is 1. The molecule has 0 unspecified atom stereocenters. The first-order valence-corrected chi connectivity index (χ1v) is 18.7. The van der Waals surface area contributed by atoms with Crippen molar-refractivity contribution < 1.29 is 38.9 Å². The van der Waals surface area contributed by atoms with Gasteiger partial charge in [0, 0.05) is 25.4 Å². The van der Waals surface area contributed by atoms with Crippen molar-refractivity contribution in [3.05, 3.63) is 102 Å². The number of rotatable bonds is 16. The molecule has 1 heterocycles. The summed E-state index contributed by atoms with van der Waals surface area (Å²) in [6.45, 7) is 10.5. The molecule has 3 aromatic carbocycles. The molecule has 0 aromatic heterocycles. The number of nitrogens with zero attached hydrogens (tertiary/aromatic N) is 1. The summed E-state index contributed by atoms with van der Waals surface area (Å²) in [4.78, 5) is 56.7. The summed E-state index contributed by atoms with van der Waals surface area (Å²) in [6, 6.07) is 22.5. The molecule has 12 heteroatoms. The van der Waals surface area contributed by atoms with E-state index >= 15 is 0 Å². The normalized spacial score (nSPS) is 16.0. The SMILES string of the molecule is CC(C)[C@H](NC(=O)[C@H](Cc1ccc(O)cc1)C[C@H](O)[C@H](Cc1ccccc1)NC(=O)OC(C)(C)C)C(=O)N[C@@H](Cc1ccccc1)C(=O)N1CCOCC1. The first-order chi connectivity index (χ1) is 25.7. The Kier molecular flexibility index (Phi) is 15.4. The van der Waals surface area contributed by atoms with Crippen molar-refractivity contribution in [2.75, 3.05) is 26.3 Å². The summed E-state index contributed by atoms with van der Waals surface area (Å²) < 4.78 is 10.9. The average molecular weight is 745 g/mol. The summed E-state index contributed by atoms with van der Waals surface area (Å²) in [5, 5.41) is 30.3. The molecule has 0 bridgehead atoms. The van der Waals surface area contributed by atoms with Gasteiger partial charge < -0.3 is 40.5 Å². The number of morpholine rings is 1. The fraction of sp³-hybridized carbons (Fsp3) is 0.476. The van der Waals surface area contributed by atoms with Crippen molar-refractivity contribution in [3.63, 3.8) is 0 Å². The maximum absolute atomic E-state index is 14.3. The highest BCUT2D eigenvalue weighted by atomic mass is 16.6. The van der Waals surface area contributed by atoms with Crippen molar-refractivity contribution in [1.29, 1.82) is 0 Å². The monoisotopic (exact) mass is 744 g/mol. The van der Waals surface area contributed by atoms with Crippen LogP contribution in [-0.2, 0) is 43.1 Å². The second kappa shape index (κ2) is 19.9. The quantitative estimate of drug-likeness (QED) is 0.146. The standard InChI is InChI=1S/C42H56N4O8/c1-28(2)37(39(50)43-35(26-30-14-10-7-11-15-30)40(51)46-20-22-53-23-21-46)45-38(49)32(24-31-16-18-33(47)19-17-31)27-36(48)34(25-29-12-8-6-9-13-29)44-41(52)54-42(3,4)5/h6-19,28,32,34-37,47-48H,20-27H2,1-5H3,(H,43,50)(H,44,52)(H,45,49)/t32-,34+,35+,36+,37+/m1/s1. The van der Waals surface area contributed by atoms with Gasteiger partial charge in [-0.25, -0.2) is 4.79 Å². The van der Waals surface area contributed by atoms with Gasteiger partial charge in [0.2, 0.25) is 17.7 Å². The Morgan fingerprint density at radius 2 is 1.31 bits per heavy atom. The third kappa shape index (κ3) is 13.5. The van der Waals surface area contributed by atoms with Crippen molar-refractivity contribution in [1.82, 2.24) is 20.9 Å². The lowest BCUT2D eigenvalue weighted by Gasteiger charge is -2.32. The summed E-state index contributed by atoms with van der Waals surface area (Å²) in [6.07, 6.45) is -1.25. The molecule has 4 amide bonds. The zero-order valence-corrected chi connectivity index (χ0v) is 32.0. The van der Waals surface area contributed by atoms with Crippen molar-refractivity contribution in [2.45, 2.75) is 90.1 Å². The molecule has 5 atom stereocenters. The highest BCUT2D eigenvalue weighted by Crippen LogP contribution is 2.22. The number of carbonyl (C=O) groups excluding carboxylic acids is 4. The largest absolute Gasteiger partial charge is 0.508 e. The molecule has 4 rings (SSSR count). The number of aliphatic hydroxyl groups excluding tert-OH is 1. The Balaban J connectivity index is 1.57. The first-order valence-electron chi connectivity index (χ1n) is 18.7. The number of amides is 4. The molecule has 0 saturated carbocycles. The number of nitrogens with one attached hydrogen (secondary N) is 3. The molecule has 1 saturated heterocycles. The van der Waals surface area contributed by atoms with E-state index in [1.165, 1.54) is 12.1 Å². The van der Waals surface area contributed by atoms with E-state index in [-0.39, 0.29) is 43.3 Å².